The minimum atomic E-state index is -0.412. The van der Waals surface area contributed by atoms with Crippen molar-refractivity contribution in [3.05, 3.63) is 71.5 Å². The third kappa shape index (κ3) is 4.70. The average molecular weight is 448 g/mol. The monoisotopic (exact) mass is 447 g/mol. The number of hydrogen-bond donors (Lipinski definition) is 1. The van der Waals surface area contributed by atoms with Crippen molar-refractivity contribution in [2.75, 3.05) is 18.1 Å². The molecule has 1 heterocycles. The summed E-state index contributed by atoms with van der Waals surface area (Å²) in [6.07, 6.45) is 2.34. The summed E-state index contributed by atoms with van der Waals surface area (Å²) in [5.41, 5.74) is 4.79. The van der Waals surface area contributed by atoms with Gasteiger partial charge in [0.25, 0.3) is 5.91 Å². The number of hydrogen-bond acceptors (Lipinski definition) is 4. The summed E-state index contributed by atoms with van der Waals surface area (Å²) in [6.45, 7) is 9.27. The Bertz CT molecular complexity index is 1200. The SMILES string of the molecule is CCN1c2cc(F)c(/C=N/NC(=O)COc3cccc4ccccc34)cc2C(C)CC1(C)C. The van der Waals surface area contributed by atoms with Crippen LogP contribution < -0.4 is 15.1 Å². The zero-order chi connectivity index (χ0) is 23.6. The third-order valence-corrected chi connectivity index (χ3v) is 6.32. The quantitative estimate of drug-likeness (QED) is 0.394. The van der Waals surface area contributed by atoms with Gasteiger partial charge in [-0.15, -0.1) is 0 Å². The van der Waals surface area contributed by atoms with E-state index in [0.29, 0.717) is 17.2 Å². The highest BCUT2D eigenvalue weighted by Crippen LogP contribution is 2.43. The van der Waals surface area contributed by atoms with Gasteiger partial charge in [0.05, 0.1) is 6.21 Å². The summed E-state index contributed by atoms with van der Waals surface area (Å²) in [6, 6.07) is 16.9. The van der Waals surface area contributed by atoms with Crippen molar-refractivity contribution in [1.29, 1.82) is 0 Å². The largest absolute Gasteiger partial charge is 0.483 e. The van der Waals surface area contributed by atoms with Gasteiger partial charge in [0.2, 0.25) is 0 Å². The van der Waals surface area contributed by atoms with Crippen LogP contribution in [0.15, 0.2) is 59.7 Å². The van der Waals surface area contributed by atoms with Crippen LogP contribution in [0, 0.1) is 5.82 Å². The van der Waals surface area contributed by atoms with Crippen molar-refractivity contribution < 1.29 is 13.9 Å². The Morgan fingerprint density at radius 1 is 1.24 bits per heavy atom. The molecule has 5 nitrogen and oxygen atoms in total. The first-order valence-electron chi connectivity index (χ1n) is 11.3. The molecule has 1 aliphatic heterocycles. The molecule has 0 spiro atoms. The molecule has 6 heteroatoms. The number of benzene rings is 3. The van der Waals surface area contributed by atoms with Gasteiger partial charge in [-0.05, 0) is 62.3 Å². The molecular formula is C27H30FN3O2. The molecule has 1 atom stereocenters. The van der Waals surface area contributed by atoms with Gasteiger partial charge in [0, 0.05) is 28.7 Å². The number of fused-ring (bicyclic) bond motifs is 2. The zero-order valence-electron chi connectivity index (χ0n) is 19.6. The topological polar surface area (TPSA) is 53.9 Å². The minimum absolute atomic E-state index is 0.0265. The van der Waals surface area contributed by atoms with Gasteiger partial charge >= 0.3 is 0 Å². The Labute approximate surface area is 194 Å². The molecule has 33 heavy (non-hydrogen) atoms. The van der Waals surface area contributed by atoms with Crippen LogP contribution in [0.1, 0.15) is 51.2 Å². The molecule has 1 N–H and O–H groups in total. The van der Waals surface area contributed by atoms with Crippen LogP contribution in [0.5, 0.6) is 5.75 Å². The summed E-state index contributed by atoms with van der Waals surface area (Å²) in [4.78, 5) is 14.5. The molecule has 0 bridgehead atoms. The fourth-order valence-electron chi connectivity index (χ4n) is 4.89. The number of nitrogens with zero attached hydrogens (tertiary/aromatic N) is 2. The predicted molar refractivity (Wildman–Crippen MR) is 132 cm³/mol. The fourth-order valence-corrected chi connectivity index (χ4v) is 4.89. The number of amides is 1. The van der Waals surface area contributed by atoms with Gasteiger partial charge in [-0.3, -0.25) is 4.79 Å². The number of anilines is 1. The maximum absolute atomic E-state index is 14.9. The van der Waals surface area contributed by atoms with Crippen LogP contribution >= 0.6 is 0 Å². The normalized spacial score (nSPS) is 17.2. The van der Waals surface area contributed by atoms with Crippen LogP contribution in [-0.4, -0.2) is 30.8 Å². The summed E-state index contributed by atoms with van der Waals surface area (Å²) in [5, 5.41) is 5.93. The number of halogens is 1. The van der Waals surface area contributed by atoms with E-state index in [1.165, 1.54) is 6.21 Å². The molecule has 3 aromatic carbocycles. The van der Waals surface area contributed by atoms with Gasteiger partial charge in [-0.25, -0.2) is 9.82 Å². The molecule has 1 aliphatic rings. The van der Waals surface area contributed by atoms with Crippen LogP contribution in [0.4, 0.5) is 10.1 Å². The van der Waals surface area contributed by atoms with Gasteiger partial charge in [-0.1, -0.05) is 43.3 Å². The Hall–Kier alpha value is -3.41. The molecular weight excluding hydrogens is 417 g/mol. The van der Waals surface area contributed by atoms with Gasteiger partial charge in [0.15, 0.2) is 6.61 Å². The fraction of sp³-hybridized carbons (Fsp3) is 0.333. The van der Waals surface area contributed by atoms with E-state index in [1.54, 1.807) is 6.07 Å². The van der Waals surface area contributed by atoms with E-state index in [9.17, 15) is 9.18 Å². The molecule has 0 aromatic heterocycles. The van der Waals surface area contributed by atoms with E-state index in [4.69, 9.17) is 4.74 Å². The van der Waals surface area contributed by atoms with Crippen molar-refractivity contribution >= 4 is 28.6 Å². The van der Waals surface area contributed by atoms with E-state index in [0.717, 1.165) is 35.0 Å². The van der Waals surface area contributed by atoms with E-state index >= 15 is 0 Å². The van der Waals surface area contributed by atoms with Crippen LogP contribution in [0.2, 0.25) is 0 Å². The molecule has 3 aromatic rings. The maximum atomic E-state index is 14.9. The predicted octanol–water partition coefficient (Wildman–Crippen LogP) is 5.62. The molecule has 172 valence electrons. The Morgan fingerprint density at radius 2 is 2.00 bits per heavy atom. The molecule has 0 saturated heterocycles. The number of hydrazone groups is 1. The van der Waals surface area contributed by atoms with Crippen molar-refractivity contribution in [2.45, 2.75) is 45.6 Å². The molecule has 0 saturated carbocycles. The maximum Gasteiger partial charge on any atom is 0.277 e. The molecule has 0 aliphatic carbocycles. The number of nitrogens with one attached hydrogen (secondary N) is 1. The van der Waals surface area contributed by atoms with Gasteiger partial charge in [-0.2, -0.15) is 5.10 Å². The Kier molecular flexibility index (Phi) is 6.36. The molecule has 1 amide bonds. The van der Waals surface area contributed by atoms with Crippen LogP contribution in [0.25, 0.3) is 10.8 Å². The van der Waals surface area contributed by atoms with Crippen molar-refractivity contribution in [1.82, 2.24) is 5.43 Å². The Morgan fingerprint density at radius 3 is 2.79 bits per heavy atom. The second-order valence-corrected chi connectivity index (χ2v) is 9.15. The summed E-state index contributed by atoms with van der Waals surface area (Å²) < 4.78 is 20.5. The first-order chi connectivity index (χ1) is 15.8. The Balaban J connectivity index is 1.43. The lowest BCUT2D eigenvalue weighted by atomic mass is 9.79. The minimum Gasteiger partial charge on any atom is -0.483 e. The third-order valence-electron chi connectivity index (χ3n) is 6.32. The van der Waals surface area contributed by atoms with Crippen LogP contribution in [0.3, 0.4) is 0 Å². The van der Waals surface area contributed by atoms with E-state index < -0.39 is 5.91 Å². The van der Waals surface area contributed by atoms with Crippen molar-refractivity contribution in [3.63, 3.8) is 0 Å². The molecule has 0 radical (unpaired) electrons. The molecule has 1 unspecified atom stereocenters. The second-order valence-electron chi connectivity index (χ2n) is 9.15. The van der Waals surface area contributed by atoms with Gasteiger partial charge < -0.3 is 9.64 Å². The van der Waals surface area contributed by atoms with E-state index in [1.807, 2.05) is 48.5 Å². The zero-order valence-corrected chi connectivity index (χ0v) is 19.6. The van der Waals surface area contributed by atoms with E-state index in [-0.39, 0.29) is 18.0 Å². The number of rotatable bonds is 6. The average Bonchev–Trinajstić information content (AvgIpc) is 2.78. The van der Waals surface area contributed by atoms with Gasteiger partial charge in [0.1, 0.15) is 11.6 Å². The number of carbonyl (C=O) groups excluding carboxylic acids is 1. The number of ether oxygens (including phenoxy) is 1. The van der Waals surface area contributed by atoms with Crippen LogP contribution in [-0.2, 0) is 4.79 Å². The standard InChI is InChI=1S/C27H30FN3O2/c1-5-31-24-14-23(28)20(13-22(24)18(2)15-27(31,3)4)16-29-30-26(32)17-33-25-12-8-10-19-9-6-7-11-21(19)25/h6-14,16,18H,5,15,17H2,1-4H3,(H,30,32)/b29-16+. The first-order valence-corrected chi connectivity index (χ1v) is 11.3. The summed E-state index contributed by atoms with van der Waals surface area (Å²) in [7, 11) is 0. The molecule has 0 fully saturated rings. The van der Waals surface area contributed by atoms with E-state index in [2.05, 4.69) is 43.1 Å². The molecule has 4 rings (SSSR count). The lowest BCUT2D eigenvalue weighted by Gasteiger charge is -2.47. The summed E-state index contributed by atoms with van der Waals surface area (Å²) >= 11 is 0. The number of carbonyl (C=O) groups is 1. The lowest BCUT2D eigenvalue weighted by Crippen LogP contribution is -2.48. The lowest BCUT2D eigenvalue weighted by molar-refractivity contribution is -0.123. The highest BCUT2D eigenvalue weighted by molar-refractivity contribution is 5.89. The summed E-state index contributed by atoms with van der Waals surface area (Å²) in [5.74, 6) is 0.159. The van der Waals surface area contributed by atoms with Crippen molar-refractivity contribution in [3.8, 4) is 5.75 Å². The second kappa shape index (κ2) is 9.22. The smallest absolute Gasteiger partial charge is 0.277 e. The van der Waals surface area contributed by atoms with Crippen molar-refractivity contribution in [2.24, 2.45) is 5.10 Å². The highest BCUT2D eigenvalue weighted by Gasteiger charge is 2.36. The first kappa shape index (κ1) is 22.8. The highest BCUT2D eigenvalue weighted by atomic mass is 19.1.